The lowest BCUT2D eigenvalue weighted by Crippen LogP contribution is -2.24. The highest BCUT2D eigenvalue weighted by atomic mass is 79.9. The predicted octanol–water partition coefficient (Wildman–Crippen LogP) is 3.44. The molecule has 90 valence electrons. The molecule has 0 heterocycles. The second kappa shape index (κ2) is 6.38. The van der Waals surface area contributed by atoms with E-state index in [4.69, 9.17) is 4.74 Å². The van der Waals surface area contributed by atoms with Crippen molar-refractivity contribution in [2.45, 2.75) is 32.9 Å². The third kappa shape index (κ3) is 3.58. The third-order valence-corrected chi connectivity index (χ3v) is 3.49. The van der Waals surface area contributed by atoms with Crippen molar-refractivity contribution in [1.82, 2.24) is 5.32 Å². The topological polar surface area (TPSA) is 21.3 Å². The van der Waals surface area contributed by atoms with Crippen molar-refractivity contribution in [3.8, 4) is 0 Å². The van der Waals surface area contributed by atoms with E-state index < -0.39 is 0 Å². The molecule has 0 aliphatic heterocycles. The lowest BCUT2D eigenvalue weighted by Gasteiger charge is -2.20. The van der Waals surface area contributed by atoms with E-state index in [1.165, 1.54) is 11.1 Å². The van der Waals surface area contributed by atoms with Gasteiger partial charge in [-0.15, -0.1) is 0 Å². The fourth-order valence-corrected chi connectivity index (χ4v) is 2.00. The van der Waals surface area contributed by atoms with Crippen molar-refractivity contribution in [3.05, 3.63) is 33.8 Å². The Kier molecular flexibility index (Phi) is 5.46. The molecule has 0 saturated carbocycles. The van der Waals surface area contributed by atoms with Crippen molar-refractivity contribution >= 4 is 15.9 Å². The first-order valence-electron chi connectivity index (χ1n) is 5.60. The van der Waals surface area contributed by atoms with Gasteiger partial charge in [-0.25, -0.2) is 0 Å². The molecule has 0 radical (unpaired) electrons. The number of likely N-dealkylation sites (N-methyl/N-ethyl adjacent to an activating group) is 1. The Balaban J connectivity index is 2.82. The molecular weight excluding hydrogens is 266 g/mol. The van der Waals surface area contributed by atoms with Crippen LogP contribution >= 0.6 is 15.9 Å². The van der Waals surface area contributed by atoms with Crippen LogP contribution in [0.4, 0.5) is 0 Å². The number of benzene rings is 1. The van der Waals surface area contributed by atoms with E-state index >= 15 is 0 Å². The standard InChI is InChI=1S/C13H20BrNO/c1-9(2)16-8-13(15-4)11-6-5-7-12(14)10(11)3/h5-7,9,13,15H,8H2,1-4H3. The quantitative estimate of drug-likeness (QED) is 0.895. The number of rotatable bonds is 5. The molecule has 0 fully saturated rings. The van der Waals surface area contributed by atoms with Gasteiger partial charge in [-0.3, -0.25) is 0 Å². The summed E-state index contributed by atoms with van der Waals surface area (Å²) in [6.07, 6.45) is 0.267. The largest absolute Gasteiger partial charge is 0.377 e. The Morgan fingerprint density at radius 2 is 2.06 bits per heavy atom. The fourth-order valence-electron chi connectivity index (χ4n) is 1.62. The van der Waals surface area contributed by atoms with E-state index in [9.17, 15) is 0 Å². The molecule has 1 N–H and O–H groups in total. The minimum Gasteiger partial charge on any atom is -0.377 e. The van der Waals surface area contributed by atoms with Crippen LogP contribution in [-0.2, 0) is 4.74 Å². The van der Waals surface area contributed by atoms with E-state index in [1.54, 1.807) is 0 Å². The first-order valence-corrected chi connectivity index (χ1v) is 6.39. The molecule has 0 bridgehead atoms. The summed E-state index contributed by atoms with van der Waals surface area (Å²) in [6.45, 7) is 6.94. The molecular formula is C13H20BrNO. The molecule has 3 heteroatoms. The molecule has 16 heavy (non-hydrogen) atoms. The van der Waals surface area contributed by atoms with Crippen LogP contribution in [0.15, 0.2) is 22.7 Å². The van der Waals surface area contributed by atoms with Crippen LogP contribution in [-0.4, -0.2) is 19.8 Å². The number of halogens is 1. The van der Waals surface area contributed by atoms with Gasteiger partial charge in [-0.05, 0) is 45.0 Å². The van der Waals surface area contributed by atoms with Crippen molar-refractivity contribution in [3.63, 3.8) is 0 Å². The van der Waals surface area contributed by atoms with Crippen LogP contribution in [0.25, 0.3) is 0 Å². The van der Waals surface area contributed by atoms with Gasteiger partial charge in [0.25, 0.3) is 0 Å². The predicted molar refractivity (Wildman–Crippen MR) is 71.8 cm³/mol. The number of ether oxygens (including phenoxy) is 1. The zero-order valence-corrected chi connectivity index (χ0v) is 12.0. The second-order valence-corrected chi connectivity index (χ2v) is 5.03. The molecule has 1 aromatic carbocycles. The minimum absolute atomic E-state index is 0.250. The van der Waals surface area contributed by atoms with Gasteiger partial charge in [0, 0.05) is 4.47 Å². The highest BCUT2D eigenvalue weighted by Crippen LogP contribution is 2.24. The van der Waals surface area contributed by atoms with Crippen molar-refractivity contribution in [2.24, 2.45) is 0 Å². The summed E-state index contributed by atoms with van der Waals surface area (Å²) in [5, 5.41) is 3.30. The number of hydrogen-bond acceptors (Lipinski definition) is 2. The third-order valence-electron chi connectivity index (χ3n) is 2.63. The van der Waals surface area contributed by atoms with Crippen LogP contribution < -0.4 is 5.32 Å². The summed E-state index contributed by atoms with van der Waals surface area (Å²) in [5.41, 5.74) is 2.56. The Morgan fingerprint density at radius 1 is 1.38 bits per heavy atom. The highest BCUT2D eigenvalue weighted by molar-refractivity contribution is 9.10. The molecule has 0 aromatic heterocycles. The van der Waals surface area contributed by atoms with E-state index in [-0.39, 0.29) is 12.1 Å². The van der Waals surface area contributed by atoms with Gasteiger partial charge in [-0.2, -0.15) is 0 Å². The monoisotopic (exact) mass is 285 g/mol. The van der Waals surface area contributed by atoms with Crippen LogP contribution in [0.2, 0.25) is 0 Å². The molecule has 1 aromatic rings. The Morgan fingerprint density at radius 3 is 2.62 bits per heavy atom. The van der Waals surface area contributed by atoms with Crippen LogP contribution in [0.3, 0.4) is 0 Å². The molecule has 1 unspecified atom stereocenters. The van der Waals surface area contributed by atoms with Crippen LogP contribution in [0, 0.1) is 6.92 Å². The zero-order valence-electron chi connectivity index (χ0n) is 10.4. The SMILES string of the molecule is CNC(COC(C)C)c1cccc(Br)c1C. The van der Waals surface area contributed by atoms with Crippen molar-refractivity contribution in [1.29, 1.82) is 0 Å². The summed E-state index contributed by atoms with van der Waals surface area (Å²) >= 11 is 3.55. The highest BCUT2D eigenvalue weighted by Gasteiger charge is 2.13. The summed E-state index contributed by atoms with van der Waals surface area (Å²) in [7, 11) is 1.97. The smallest absolute Gasteiger partial charge is 0.0664 e. The van der Waals surface area contributed by atoms with Crippen LogP contribution in [0.1, 0.15) is 31.0 Å². The fraction of sp³-hybridized carbons (Fsp3) is 0.538. The Hall–Kier alpha value is -0.380. The molecule has 1 rings (SSSR count). The molecule has 0 aliphatic carbocycles. The van der Waals surface area contributed by atoms with E-state index in [2.05, 4.69) is 60.2 Å². The average molecular weight is 286 g/mol. The van der Waals surface area contributed by atoms with Gasteiger partial charge in [0.15, 0.2) is 0 Å². The first-order chi connectivity index (χ1) is 7.56. The maximum Gasteiger partial charge on any atom is 0.0664 e. The molecule has 0 saturated heterocycles. The van der Waals surface area contributed by atoms with Crippen molar-refractivity contribution in [2.75, 3.05) is 13.7 Å². The van der Waals surface area contributed by atoms with Gasteiger partial charge >= 0.3 is 0 Å². The van der Waals surface area contributed by atoms with Crippen LogP contribution in [0.5, 0.6) is 0 Å². The lowest BCUT2D eigenvalue weighted by molar-refractivity contribution is 0.0625. The van der Waals surface area contributed by atoms with Gasteiger partial charge in [-0.1, -0.05) is 28.1 Å². The zero-order chi connectivity index (χ0) is 12.1. The summed E-state index contributed by atoms with van der Waals surface area (Å²) < 4.78 is 6.81. The maximum absolute atomic E-state index is 5.67. The summed E-state index contributed by atoms with van der Waals surface area (Å²) in [6, 6.07) is 6.52. The molecule has 1 atom stereocenters. The summed E-state index contributed by atoms with van der Waals surface area (Å²) in [4.78, 5) is 0. The van der Waals surface area contributed by atoms with Gasteiger partial charge in [0.05, 0.1) is 18.8 Å². The Bertz CT molecular complexity index is 339. The Labute approximate surface area is 107 Å². The molecule has 2 nitrogen and oxygen atoms in total. The van der Waals surface area contributed by atoms with E-state index in [0.29, 0.717) is 6.61 Å². The minimum atomic E-state index is 0.250. The molecule has 0 amide bonds. The molecule has 0 spiro atoms. The maximum atomic E-state index is 5.67. The lowest BCUT2D eigenvalue weighted by atomic mass is 10.0. The van der Waals surface area contributed by atoms with Gasteiger partial charge in [0.1, 0.15) is 0 Å². The first kappa shape index (κ1) is 13.7. The van der Waals surface area contributed by atoms with Gasteiger partial charge in [0.2, 0.25) is 0 Å². The second-order valence-electron chi connectivity index (χ2n) is 4.18. The number of nitrogens with one attached hydrogen (secondary N) is 1. The van der Waals surface area contributed by atoms with Gasteiger partial charge < -0.3 is 10.1 Å². The average Bonchev–Trinajstić information content (AvgIpc) is 2.24. The molecule has 0 aliphatic rings. The summed E-state index contributed by atoms with van der Waals surface area (Å²) in [5.74, 6) is 0. The normalized spacial score (nSPS) is 13.1. The van der Waals surface area contributed by atoms with Crippen molar-refractivity contribution < 1.29 is 4.74 Å². The number of hydrogen-bond donors (Lipinski definition) is 1. The van der Waals surface area contributed by atoms with E-state index in [0.717, 1.165) is 4.47 Å². The van der Waals surface area contributed by atoms with E-state index in [1.807, 2.05) is 7.05 Å².